The summed E-state index contributed by atoms with van der Waals surface area (Å²) in [6.07, 6.45) is -0.705. The number of nitrogens with zero attached hydrogens (tertiary/aromatic N) is 2. The lowest BCUT2D eigenvalue weighted by molar-refractivity contribution is -0.141. The predicted molar refractivity (Wildman–Crippen MR) is 104 cm³/mol. The van der Waals surface area contributed by atoms with E-state index in [1.807, 2.05) is 48.5 Å². The summed E-state index contributed by atoms with van der Waals surface area (Å²) in [4.78, 5) is 0. The topological polar surface area (TPSA) is 36.3 Å². The van der Waals surface area contributed by atoms with Gasteiger partial charge in [-0.1, -0.05) is 24.3 Å². The quantitative estimate of drug-likeness (QED) is 0.462. The molecule has 0 saturated carbocycles. The number of alkyl halides is 3. The Morgan fingerprint density at radius 1 is 0.931 bits per heavy atom. The third-order valence-electron chi connectivity index (χ3n) is 4.50. The molecule has 3 rings (SSSR count). The average molecular weight is 404 g/mol. The fourth-order valence-corrected chi connectivity index (χ4v) is 2.93. The van der Waals surface area contributed by atoms with Crippen molar-refractivity contribution in [3.05, 3.63) is 77.6 Å². The second-order valence-electron chi connectivity index (χ2n) is 6.66. The first-order chi connectivity index (χ1) is 13.9. The Morgan fingerprint density at radius 3 is 2.41 bits per heavy atom. The van der Waals surface area contributed by atoms with Crippen LogP contribution >= 0.6 is 0 Å². The lowest BCUT2D eigenvalue weighted by Crippen LogP contribution is -2.09. The molecule has 0 aliphatic rings. The van der Waals surface area contributed by atoms with Gasteiger partial charge in [-0.2, -0.15) is 18.3 Å². The molecule has 7 heteroatoms. The molecule has 0 atom stereocenters. The fraction of sp³-hybridized carbons (Fsp3) is 0.318. The van der Waals surface area contributed by atoms with Gasteiger partial charge in [0.15, 0.2) is 5.69 Å². The highest BCUT2D eigenvalue weighted by molar-refractivity contribution is 5.29. The van der Waals surface area contributed by atoms with Crippen LogP contribution in [-0.4, -0.2) is 23.5 Å². The summed E-state index contributed by atoms with van der Waals surface area (Å²) in [6, 6.07) is 16.6. The number of halogens is 3. The van der Waals surface area contributed by atoms with Crippen LogP contribution in [0.1, 0.15) is 23.2 Å². The van der Waals surface area contributed by atoms with E-state index in [-0.39, 0.29) is 0 Å². The van der Waals surface area contributed by atoms with E-state index in [0.717, 1.165) is 36.0 Å². The van der Waals surface area contributed by atoms with Crippen molar-refractivity contribution in [3.8, 4) is 11.5 Å². The lowest BCUT2D eigenvalue weighted by atomic mass is 10.1. The first-order valence-electron chi connectivity index (χ1n) is 9.39. The second-order valence-corrected chi connectivity index (χ2v) is 6.66. The van der Waals surface area contributed by atoms with E-state index in [1.54, 1.807) is 7.11 Å². The van der Waals surface area contributed by atoms with Crippen LogP contribution < -0.4 is 9.47 Å². The van der Waals surface area contributed by atoms with Crippen LogP contribution in [0.4, 0.5) is 13.2 Å². The Balaban J connectivity index is 1.44. The maximum Gasteiger partial charge on any atom is 0.435 e. The molecule has 3 aromatic rings. The molecular formula is C22H23F3N2O2. The molecule has 1 heterocycles. The lowest BCUT2D eigenvalue weighted by Gasteiger charge is -2.09. The van der Waals surface area contributed by atoms with Gasteiger partial charge in [-0.15, -0.1) is 0 Å². The van der Waals surface area contributed by atoms with Crippen molar-refractivity contribution in [1.29, 1.82) is 0 Å². The number of hydrogen-bond acceptors (Lipinski definition) is 3. The molecule has 0 aliphatic carbocycles. The van der Waals surface area contributed by atoms with Crippen LogP contribution in [0.3, 0.4) is 0 Å². The van der Waals surface area contributed by atoms with Crippen molar-refractivity contribution in [2.75, 3.05) is 13.7 Å². The molecular weight excluding hydrogens is 381 g/mol. The molecule has 0 saturated heterocycles. The summed E-state index contributed by atoms with van der Waals surface area (Å²) in [6.45, 7) is 0.959. The summed E-state index contributed by atoms with van der Waals surface area (Å²) in [5, 5.41) is 3.57. The van der Waals surface area contributed by atoms with E-state index in [0.29, 0.717) is 19.6 Å². The van der Waals surface area contributed by atoms with E-state index in [9.17, 15) is 13.2 Å². The Labute approximate surface area is 167 Å². The van der Waals surface area contributed by atoms with E-state index in [1.165, 1.54) is 16.4 Å². The Kier molecular flexibility index (Phi) is 6.80. The molecule has 0 N–H and O–H groups in total. The molecule has 0 radical (unpaired) electrons. The maximum atomic E-state index is 12.6. The number of benzene rings is 2. The van der Waals surface area contributed by atoms with Crippen molar-refractivity contribution in [1.82, 2.24) is 9.78 Å². The van der Waals surface area contributed by atoms with Gasteiger partial charge in [-0.25, -0.2) is 0 Å². The van der Waals surface area contributed by atoms with E-state index < -0.39 is 11.9 Å². The molecule has 0 spiro atoms. The minimum atomic E-state index is -4.41. The monoisotopic (exact) mass is 404 g/mol. The highest BCUT2D eigenvalue weighted by Crippen LogP contribution is 2.27. The van der Waals surface area contributed by atoms with Gasteiger partial charge in [-0.3, -0.25) is 4.68 Å². The van der Waals surface area contributed by atoms with E-state index in [4.69, 9.17) is 9.47 Å². The van der Waals surface area contributed by atoms with Gasteiger partial charge in [0.05, 0.1) is 13.7 Å². The number of ether oxygens (including phenoxy) is 2. The highest BCUT2D eigenvalue weighted by atomic mass is 19.4. The molecule has 1 aromatic heterocycles. The standard InChI is InChI=1S/C22H23F3N2O2/c1-28-19-9-7-17(8-10-19)5-3-15-29-20-6-2-4-18(16-20)11-13-27-14-12-21(26-27)22(23,24)25/h2,4,6-10,12,14,16H,3,5,11,13,15H2,1H3. The maximum absolute atomic E-state index is 12.6. The minimum absolute atomic E-state index is 0.372. The number of methoxy groups -OCH3 is 1. The Hall–Kier alpha value is -2.96. The zero-order valence-corrected chi connectivity index (χ0v) is 16.2. The van der Waals surface area contributed by atoms with Crippen molar-refractivity contribution in [3.63, 3.8) is 0 Å². The van der Waals surface area contributed by atoms with Gasteiger partial charge in [0.25, 0.3) is 0 Å². The third kappa shape index (κ3) is 6.27. The zero-order valence-electron chi connectivity index (χ0n) is 16.2. The van der Waals surface area contributed by atoms with Gasteiger partial charge in [0, 0.05) is 12.7 Å². The van der Waals surface area contributed by atoms with Crippen LogP contribution in [0.2, 0.25) is 0 Å². The summed E-state index contributed by atoms with van der Waals surface area (Å²) in [5.74, 6) is 1.60. The number of aromatic nitrogens is 2. The van der Waals surface area contributed by atoms with Gasteiger partial charge < -0.3 is 9.47 Å². The van der Waals surface area contributed by atoms with Crippen LogP contribution in [0.5, 0.6) is 11.5 Å². The van der Waals surface area contributed by atoms with E-state index >= 15 is 0 Å². The van der Waals surface area contributed by atoms with Crippen LogP contribution in [0.25, 0.3) is 0 Å². The first-order valence-corrected chi connectivity index (χ1v) is 9.39. The molecule has 154 valence electrons. The molecule has 0 bridgehead atoms. The summed E-state index contributed by atoms with van der Waals surface area (Å²) >= 11 is 0. The third-order valence-corrected chi connectivity index (χ3v) is 4.50. The SMILES string of the molecule is COc1ccc(CCCOc2cccc(CCn3ccc(C(F)(F)F)n3)c2)cc1. The molecule has 0 unspecified atom stereocenters. The molecule has 4 nitrogen and oxygen atoms in total. The predicted octanol–water partition coefficient (Wildman–Crippen LogP) is 5.16. The van der Waals surface area contributed by atoms with Gasteiger partial charge in [0.2, 0.25) is 0 Å². The zero-order chi connectivity index (χ0) is 20.7. The van der Waals surface area contributed by atoms with Gasteiger partial charge >= 0.3 is 6.18 Å². The summed E-state index contributed by atoms with van der Waals surface area (Å²) in [5.41, 5.74) is 1.34. The fourth-order valence-electron chi connectivity index (χ4n) is 2.93. The van der Waals surface area contributed by atoms with Crippen molar-refractivity contribution in [2.45, 2.75) is 32.0 Å². The number of rotatable bonds is 9. The minimum Gasteiger partial charge on any atom is -0.497 e. The van der Waals surface area contributed by atoms with Gasteiger partial charge in [0.1, 0.15) is 11.5 Å². The molecule has 2 aromatic carbocycles. The first kappa shape index (κ1) is 20.8. The number of aryl methyl sites for hydroxylation is 3. The number of hydrogen-bond donors (Lipinski definition) is 0. The van der Waals surface area contributed by atoms with Crippen LogP contribution in [0.15, 0.2) is 60.8 Å². The second kappa shape index (κ2) is 9.49. The smallest absolute Gasteiger partial charge is 0.435 e. The van der Waals surface area contributed by atoms with Crippen LogP contribution in [-0.2, 0) is 25.6 Å². The largest absolute Gasteiger partial charge is 0.497 e. The summed E-state index contributed by atoms with van der Waals surface area (Å²) in [7, 11) is 1.64. The van der Waals surface area contributed by atoms with Crippen molar-refractivity contribution in [2.24, 2.45) is 0 Å². The molecule has 0 amide bonds. The van der Waals surface area contributed by atoms with Crippen LogP contribution in [0, 0.1) is 0 Å². The Bertz CT molecular complexity index is 905. The van der Waals surface area contributed by atoms with Gasteiger partial charge in [-0.05, 0) is 60.7 Å². The highest BCUT2D eigenvalue weighted by Gasteiger charge is 2.33. The Morgan fingerprint density at radius 2 is 1.72 bits per heavy atom. The summed E-state index contributed by atoms with van der Waals surface area (Å²) < 4.78 is 50.1. The molecule has 0 aliphatic heterocycles. The molecule has 29 heavy (non-hydrogen) atoms. The van der Waals surface area contributed by atoms with E-state index in [2.05, 4.69) is 5.10 Å². The van der Waals surface area contributed by atoms with Crippen molar-refractivity contribution >= 4 is 0 Å². The average Bonchev–Trinajstić information content (AvgIpc) is 3.20. The normalized spacial score (nSPS) is 11.4. The van der Waals surface area contributed by atoms with Crippen molar-refractivity contribution < 1.29 is 22.6 Å². The molecule has 0 fully saturated rings.